The van der Waals surface area contributed by atoms with E-state index < -0.39 is 0 Å². The molecule has 2 aromatic rings. The minimum Gasteiger partial charge on any atom is -0.352 e. The van der Waals surface area contributed by atoms with Crippen molar-refractivity contribution in [3.05, 3.63) is 47.0 Å². The van der Waals surface area contributed by atoms with Crippen molar-refractivity contribution < 1.29 is 4.79 Å². The number of rotatable bonds is 4. The van der Waals surface area contributed by atoms with E-state index in [1.165, 1.54) is 0 Å². The molecule has 0 spiro atoms. The Labute approximate surface area is 106 Å². The molecule has 18 heavy (non-hydrogen) atoms. The second-order valence-electron chi connectivity index (χ2n) is 4.24. The summed E-state index contributed by atoms with van der Waals surface area (Å²) in [6.45, 7) is 4.38. The summed E-state index contributed by atoms with van der Waals surface area (Å²) in [6.07, 6.45) is 3.74. The maximum Gasteiger partial charge on any atom is 0.226 e. The molecule has 0 atom stereocenters. The highest BCUT2D eigenvalue weighted by molar-refractivity contribution is 5.78. The smallest absolute Gasteiger partial charge is 0.226 e. The van der Waals surface area contributed by atoms with Crippen LogP contribution in [0.3, 0.4) is 0 Å². The molecule has 0 radical (unpaired) electrons. The Balaban J connectivity index is 1.90. The summed E-state index contributed by atoms with van der Waals surface area (Å²) in [6, 6.07) is 3.82. The SMILES string of the molecule is Cc1cccnc1CC(=O)NCc1cn[nH]c1C. The van der Waals surface area contributed by atoms with Crippen molar-refractivity contribution in [1.82, 2.24) is 20.5 Å². The predicted molar refractivity (Wildman–Crippen MR) is 67.8 cm³/mol. The van der Waals surface area contributed by atoms with E-state index in [4.69, 9.17) is 0 Å². The van der Waals surface area contributed by atoms with Crippen LogP contribution < -0.4 is 5.32 Å². The number of aromatic amines is 1. The zero-order chi connectivity index (χ0) is 13.0. The molecule has 0 aliphatic carbocycles. The van der Waals surface area contributed by atoms with Crippen molar-refractivity contribution in [2.24, 2.45) is 0 Å². The molecule has 2 aromatic heterocycles. The van der Waals surface area contributed by atoms with E-state index in [9.17, 15) is 4.79 Å². The number of carbonyl (C=O) groups excluding carboxylic acids is 1. The molecule has 0 saturated heterocycles. The molecule has 1 amide bonds. The molecule has 0 fully saturated rings. The van der Waals surface area contributed by atoms with Gasteiger partial charge >= 0.3 is 0 Å². The average Bonchev–Trinajstić information content (AvgIpc) is 2.75. The van der Waals surface area contributed by atoms with Gasteiger partial charge in [0.05, 0.1) is 18.3 Å². The van der Waals surface area contributed by atoms with Crippen LogP contribution in [-0.4, -0.2) is 21.1 Å². The van der Waals surface area contributed by atoms with Crippen LogP contribution in [0.25, 0.3) is 0 Å². The van der Waals surface area contributed by atoms with E-state index in [0.717, 1.165) is 22.5 Å². The molecule has 2 N–H and O–H groups in total. The van der Waals surface area contributed by atoms with Gasteiger partial charge in [0.25, 0.3) is 0 Å². The first kappa shape index (κ1) is 12.3. The zero-order valence-electron chi connectivity index (χ0n) is 10.5. The predicted octanol–water partition coefficient (Wildman–Crippen LogP) is 1.28. The van der Waals surface area contributed by atoms with Crippen LogP contribution in [-0.2, 0) is 17.8 Å². The van der Waals surface area contributed by atoms with Crippen molar-refractivity contribution in [3.8, 4) is 0 Å². The first-order valence-electron chi connectivity index (χ1n) is 5.83. The highest BCUT2D eigenvalue weighted by Gasteiger charge is 2.07. The number of pyridine rings is 1. The Hall–Kier alpha value is -2.17. The third kappa shape index (κ3) is 2.94. The van der Waals surface area contributed by atoms with E-state index in [-0.39, 0.29) is 5.91 Å². The van der Waals surface area contributed by atoms with Crippen molar-refractivity contribution in [3.63, 3.8) is 0 Å². The molecular weight excluding hydrogens is 228 g/mol. The Morgan fingerprint density at radius 2 is 2.28 bits per heavy atom. The average molecular weight is 244 g/mol. The number of nitrogens with zero attached hydrogens (tertiary/aromatic N) is 2. The van der Waals surface area contributed by atoms with Gasteiger partial charge in [0, 0.05) is 24.0 Å². The van der Waals surface area contributed by atoms with E-state index in [0.29, 0.717) is 13.0 Å². The second-order valence-corrected chi connectivity index (χ2v) is 4.24. The van der Waals surface area contributed by atoms with Crippen LogP contribution in [0.4, 0.5) is 0 Å². The molecule has 0 saturated carbocycles. The van der Waals surface area contributed by atoms with Gasteiger partial charge in [-0.1, -0.05) is 6.07 Å². The molecule has 2 heterocycles. The van der Waals surface area contributed by atoms with Crippen molar-refractivity contribution in [2.75, 3.05) is 0 Å². The summed E-state index contributed by atoms with van der Waals surface area (Å²) in [5.41, 5.74) is 3.83. The first-order valence-corrected chi connectivity index (χ1v) is 5.83. The lowest BCUT2D eigenvalue weighted by Gasteiger charge is -2.06. The summed E-state index contributed by atoms with van der Waals surface area (Å²) in [4.78, 5) is 16.0. The van der Waals surface area contributed by atoms with Gasteiger partial charge in [-0.25, -0.2) is 0 Å². The summed E-state index contributed by atoms with van der Waals surface area (Å²) in [7, 11) is 0. The van der Waals surface area contributed by atoms with Crippen molar-refractivity contribution in [2.45, 2.75) is 26.8 Å². The minimum atomic E-state index is -0.0302. The molecule has 5 nitrogen and oxygen atoms in total. The fraction of sp³-hybridized carbons (Fsp3) is 0.308. The van der Waals surface area contributed by atoms with Gasteiger partial charge in [0.2, 0.25) is 5.91 Å². The normalized spacial score (nSPS) is 10.3. The van der Waals surface area contributed by atoms with Crippen LogP contribution in [0.15, 0.2) is 24.5 Å². The number of aryl methyl sites for hydroxylation is 2. The second kappa shape index (κ2) is 5.44. The Morgan fingerprint density at radius 1 is 1.44 bits per heavy atom. The van der Waals surface area contributed by atoms with E-state index in [1.807, 2.05) is 26.0 Å². The summed E-state index contributed by atoms with van der Waals surface area (Å²) in [5, 5.41) is 9.61. The fourth-order valence-electron chi connectivity index (χ4n) is 1.67. The maximum atomic E-state index is 11.8. The van der Waals surface area contributed by atoms with E-state index in [1.54, 1.807) is 12.4 Å². The number of hydrogen-bond acceptors (Lipinski definition) is 3. The number of aromatic nitrogens is 3. The quantitative estimate of drug-likeness (QED) is 0.851. The lowest BCUT2D eigenvalue weighted by atomic mass is 10.1. The Morgan fingerprint density at radius 3 is 2.94 bits per heavy atom. The van der Waals surface area contributed by atoms with Crippen LogP contribution in [0.1, 0.15) is 22.5 Å². The molecule has 2 rings (SSSR count). The number of nitrogens with one attached hydrogen (secondary N) is 2. The van der Waals surface area contributed by atoms with Crippen molar-refractivity contribution in [1.29, 1.82) is 0 Å². The Kier molecular flexibility index (Phi) is 3.72. The lowest BCUT2D eigenvalue weighted by Crippen LogP contribution is -2.25. The minimum absolute atomic E-state index is 0.0302. The zero-order valence-corrected chi connectivity index (χ0v) is 10.5. The van der Waals surface area contributed by atoms with E-state index >= 15 is 0 Å². The molecular formula is C13H16N4O. The highest BCUT2D eigenvalue weighted by atomic mass is 16.1. The van der Waals surface area contributed by atoms with Gasteiger partial charge < -0.3 is 5.32 Å². The van der Waals surface area contributed by atoms with Gasteiger partial charge in [0.15, 0.2) is 0 Å². The molecule has 0 aliphatic heterocycles. The summed E-state index contributed by atoms with van der Waals surface area (Å²) < 4.78 is 0. The monoisotopic (exact) mass is 244 g/mol. The highest BCUT2D eigenvalue weighted by Crippen LogP contribution is 2.05. The van der Waals surface area contributed by atoms with Crippen molar-refractivity contribution >= 4 is 5.91 Å². The van der Waals surface area contributed by atoms with Gasteiger partial charge in [-0.2, -0.15) is 5.10 Å². The summed E-state index contributed by atoms with van der Waals surface area (Å²) >= 11 is 0. The number of amides is 1. The van der Waals surface area contributed by atoms with Gasteiger partial charge in [-0.05, 0) is 25.5 Å². The van der Waals surface area contributed by atoms with Crippen LogP contribution in [0, 0.1) is 13.8 Å². The maximum absolute atomic E-state index is 11.8. The molecule has 0 bridgehead atoms. The Bertz CT molecular complexity index is 547. The molecule has 0 aliphatic rings. The molecule has 0 aromatic carbocycles. The first-order chi connectivity index (χ1) is 8.66. The van der Waals surface area contributed by atoms with Gasteiger partial charge in [-0.3, -0.25) is 14.9 Å². The van der Waals surface area contributed by atoms with Gasteiger partial charge in [0.1, 0.15) is 0 Å². The number of hydrogen-bond donors (Lipinski definition) is 2. The van der Waals surface area contributed by atoms with E-state index in [2.05, 4.69) is 20.5 Å². The largest absolute Gasteiger partial charge is 0.352 e. The van der Waals surface area contributed by atoms with Crippen LogP contribution >= 0.6 is 0 Å². The summed E-state index contributed by atoms with van der Waals surface area (Å²) in [5.74, 6) is -0.0302. The third-order valence-corrected chi connectivity index (χ3v) is 2.86. The van der Waals surface area contributed by atoms with Gasteiger partial charge in [-0.15, -0.1) is 0 Å². The third-order valence-electron chi connectivity index (χ3n) is 2.86. The lowest BCUT2D eigenvalue weighted by molar-refractivity contribution is -0.120. The molecule has 5 heteroatoms. The standard InChI is InChI=1S/C13H16N4O/c1-9-4-3-5-14-12(9)6-13(18)15-7-11-8-16-17-10(11)2/h3-5,8H,6-7H2,1-2H3,(H,15,18)(H,16,17). The fourth-order valence-corrected chi connectivity index (χ4v) is 1.67. The van der Waals surface area contributed by atoms with Crippen LogP contribution in [0.2, 0.25) is 0 Å². The number of H-pyrrole nitrogens is 1. The topological polar surface area (TPSA) is 70.7 Å². The van der Waals surface area contributed by atoms with Crippen LogP contribution in [0.5, 0.6) is 0 Å². The number of carbonyl (C=O) groups is 1. The molecule has 0 unspecified atom stereocenters. The molecule has 94 valence electrons.